The van der Waals surface area contributed by atoms with Gasteiger partial charge in [0.05, 0.1) is 19.6 Å². The Morgan fingerprint density at radius 2 is 2.00 bits per heavy atom. The smallest absolute Gasteiger partial charge is 0.315 e. The van der Waals surface area contributed by atoms with E-state index in [4.69, 9.17) is 4.74 Å². The molecule has 2 N–H and O–H groups in total. The zero-order chi connectivity index (χ0) is 18.1. The minimum atomic E-state index is -0.310. The van der Waals surface area contributed by atoms with E-state index in [1.54, 1.807) is 6.92 Å². The van der Waals surface area contributed by atoms with Gasteiger partial charge in [-0.15, -0.1) is 0 Å². The van der Waals surface area contributed by atoms with Crippen LogP contribution < -0.4 is 10.6 Å². The Kier molecular flexibility index (Phi) is 7.07. The van der Waals surface area contributed by atoms with E-state index in [1.165, 1.54) is 11.1 Å². The maximum absolute atomic E-state index is 11.8. The maximum atomic E-state index is 11.8. The Balaban J connectivity index is 1.79. The van der Waals surface area contributed by atoms with E-state index in [0.717, 1.165) is 12.2 Å². The van der Waals surface area contributed by atoms with Crippen molar-refractivity contribution in [3.63, 3.8) is 0 Å². The van der Waals surface area contributed by atoms with E-state index in [1.807, 2.05) is 24.4 Å². The van der Waals surface area contributed by atoms with Crippen molar-refractivity contribution in [2.75, 3.05) is 13.2 Å². The van der Waals surface area contributed by atoms with Gasteiger partial charge in [0.15, 0.2) is 0 Å². The lowest BCUT2D eigenvalue weighted by Gasteiger charge is -2.11. The zero-order valence-electron chi connectivity index (χ0n) is 14.7. The first-order valence-electron chi connectivity index (χ1n) is 8.45. The van der Waals surface area contributed by atoms with Gasteiger partial charge in [0.25, 0.3) is 0 Å². The van der Waals surface area contributed by atoms with Crippen LogP contribution in [-0.4, -0.2) is 29.7 Å². The molecule has 1 heterocycles. The molecule has 1 aromatic carbocycles. The van der Waals surface area contributed by atoms with Gasteiger partial charge in [-0.1, -0.05) is 29.8 Å². The first kappa shape index (κ1) is 18.6. The van der Waals surface area contributed by atoms with Crippen molar-refractivity contribution in [2.24, 2.45) is 0 Å². The van der Waals surface area contributed by atoms with Gasteiger partial charge in [-0.3, -0.25) is 4.79 Å². The van der Waals surface area contributed by atoms with Gasteiger partial charge >= 0.3 is 12.0 Å². The number of hydrogen-bond donors (Lipinski definition) is 2. The number of benzene rings is 1. The molecule has 134 valence electrons. The lowest BCUT2D eigenvalue weighted by Crippen LogP contribution is -2.36. The minimum Gasteiger partial charge on any atom is -0.466 e. The molecule has 0 bridgehead atoms. The van der Waals surface area contributed by atoms with Crippen LogP contribution >= 0.6 is 0 Å². The largest absolute Gasteiger partial charge is 0.466 e. The number of urea groups is 1. The highest BCUT2D eigenvalue weighted by Crippen LogP contribution is 2.09. The lowest BCUT2D eigenvalue weighted by atomic mass is 10.1. The number of nitrogens with zero attached hydrogens (tertiary/aromatic N) is 1. The fourth-order valence-corrected chi connectivity index (χ4v) is 2.52. The number of aromatic nitrogens is 1. The predicted octanol–water partition coefficient (Wildman–Crippen LogP) is 2.60. The summed E-state index contributed by atoms with van der Waals surface area (Å²) < 4.78 is 6.91. The van der Waals surface area contributed by atoms with Gasteiger partial charge in [0.2, 0.25) is 0 Å². The van der Waals surface area contributed by atoms with Crippen molar-refractivity contribution in [1.29, 1.82) is 0 Å². The van der Waals surface area contributed by atoms with E-state index in [0.29, 0.717) is 13.2 Å². The summed E-state index contributed by atoms with van der Waals surface area (Å²) in [6.07, 6.45) is 2.17. The van der Waals surface area contributed by atoms with Crippen molar-refractivity contribution in [3.8, 4) is 0 Å². The van der Waals surface area contributed by atoms with Crippen LogP contribution in [0, 0.1) is 6.92 Å². The molecule has 0 saturated carbocycles. The topological polar surface area (TPSA) is 72.4 Å². The molecular formula is C19H25N3O3. The van der Waals surface area contributed by atoms with Crippen molar-refractivity contribution in [3.05, 3.63) is 59.4 Å². The van der Waals surface area contributed by atoms with Crippen LogP contribution in [-0.2, 0) is 22.6 Å². The Bertz CT molecular complexity index is 709. The first-order valence-corrected chi connectivity index (χ1v) is 8.45. The second kappa shape index (κ2) is 9.52. The summed E-state index contributed by atoms with van der Waals surface area (Å²) in [5.74, 6) is -0.310. The van der Waals surface area contributed by atoms with E-state index in [-0.39, 0.29) is 25.0 Å². The van der Waals surface area contributed by atoms with E-state index in [9.17, 15) is 9.59 Å². The van der Waals surface area contributed by atoms with Gasteiger partial charge in [0, 0.05) is 25.0 Å². The van der Waals surface area contributed by atoms with Gasteiger partial charge < -0.3 is 19.9 Å². The Labute approximate surface area is 148 Å². The Morgan fingerprint density at radius 3 is 2.76 bits per heavy atom. The zero-order valence-corrected chi connectivity index (χ0v) is 14.7. The molecule has 0 fully saturated rings. The van der Waals surface area contributed by atoms with Gasteiger partial charge in [0.1, 0.15) is 0 Å². The highest BCUT2D eigenvalue weighted by atomic mass is 16.5. The molecule has 2 aromatic rings. The van der Waals surface area contributed by atoms with Gasteiger partial charge in [-0.25, -0.2) is 4.79 Å². The lowest BCUT2D eigenvalue weighted by molar-refractivity contribution is -0.142. The number of aryl methyl sites for hydroxylation is 1. The maximum Gasteiger partial charge on any atom is 0.315 e. The van der Waals surface area contributed by atoms with E-state index in [2.05, 4.69) is 40.3 Å². The standard InChI is InChI=1S/C19H25N3O3/c1-3-25-18(23)9-10-20-19(24)21-13-17-8-5-11-22(17)14-16-7-4-6-15(2)12-16/h4-8,11-12H,3,9-10,13-14H2,1-2H3,(H2,20,21,24). The highest BCUT2D eigenvalue weighted by molar-refractivity contribution is 5.75. The average Bonchev–Trinajstić information content (AvgIpc) is 3.00. The molecule has 0 radical (unpaired) electrons. The SMILES string of the molecule is CCOC(=O)CCNC(=O)NCc1cccn1Cc1cccc(C)c1. The molecule has 25 heavy (non-hydrogen) atoms. The molecule has 0 spiro atoms. The molecule has 6 nitrogen and oxygen atoms in total. The molecule has 0 aliphatic rings. The number of rotatable bonds is 8. The average molecular weight is 343 g/mol. The number of carbonyl (C=O) groups excluding carboxylic acids is 2. The van der Waals surface area contributed by atoms with Crippen LogP contribution in [0.5, 0.6) is 0 Å². The Morgan fingerprint density at radius 1 is 1.16 bits per heavy atom. The third-order valence-corrected chi connectivity index (χ3v) is 3.71. The summed E-state index contributed by atoms with van der Waals surface area (Å²) in [4.78, 5) is 23.0. The molecule has 2 amide bonds. The van der Waals surface area contributed by atoms with Crippen LogP contribution in [0.15, 0.2) is 42.6 Å². The van der Waals surface area contributed by atoms with Crippen LogP contribution in [0.3, 0.4) is 0 Å². The first-order chi connectivity index (χ1) is 12.1. The summed E-state index contributed by atoms with van der Waals surface area (Å²) >= 11 is 0. The summed E-state index contributed by atoms with van der Waals surface area (Å²) in [7, 11) is 0. The third-order valence-electron chi connectivity index (χ3n) is 3.71. The number of ether oxygens (including phenoxy) is 1. The highest BCUT2D eigenvalue weighted by Gasteiger charge is 2.06. The molecule has 0 unspecified atom stereocenters. The number of hydrogen-bond acceptors (Lipinski definition) is 3. The van der Waals surface area contributed by atoms with Gasteiger partial charge in [-0.05, 0) is 31.5 Å². The molecule has 0 saturated heterocycles. The van der Waals surface area contributed by atoms with E-state index < -0.39 is 0 Å². The second-order valence-corrected chi connectivity index (χ2v) is 5.78. The molecule has 0 atom stereocenters. The van der Waals surface area contributed by atoms with Crippen LogP contribution in [0.4, 0.5) is 4.79 Å². The van der Waals surface area contributed by atoms with E-state index >= 15 is 0 Å². The monoisotopic (exact) mass is 343 g/mol. The molecule has 6 heteroatoms. The Hall–Kier alpha value is -2.76. The number of amides is 2. The molecule has 2 rings (SSSR count). The quantitative estimate of drug-likeness (QED) is 0.724. The second-order valence-electron chi connectivity index (χ2n) is 5.78. The predicted molar refractivity (Wildman–Crippen MR) is 96.2 cm³/mol. The van der Waals surface area contributed by atoms with Crippen molar-refractivity contribution >= 4 is 12.0 Å². The molecule has 1 aromatic heterocycles. The summed E-state index contributed by atoms with van der Waals surface area (Å²) in [5.41, 5.74) is 3.46. The van der Waals surface area contributed by atoms with Crippen LogP contribution in [0.2, 0.25) is 0 Å². The third kappa shape index (κ3) is 6.33. The fourth-order valence-electron chi connectivity index (χ4n) is 2.52. The number of nitrogens with one attached hydrogen (secondary N) is 2. The van der Waals surface area contributed by atoms with Crippen LogP contribution in [0.25, 0.3) is 0 Å². The molecular weight excluding hydrogens is 318 g/mol. The summed E-state index contributed by atoms with van der Waals surface area (Å²) in [6, 6.07) is 12.0. The normalized spacial score (nSPS) is 10.3. The minimum absolute atomic E-state index is 0.172. The summed E-state index contributed by atoms with van der Waals surface area (Å²) in [5, 5.41) is 5.46. The molecule has 0 aliphatic heterocycles. The summed E-state index contributed by atoms with van der Waals surface area (Å²) in [6.45, 7) is 5.62. The molecule has 0 aliphatic carbocycles. The van der Waals surface area contributed by atoms with Crippen molar-refractivity contribution < 1.29 is 14.3 Å². The fraction of sp³-hybridized carbons (Fsp3) is 0.368. The van der Waals surface area contributed by atoms with Crippen molar-refractivity contribution in [2.45, 2.75) is 33.4 Å². The van der Waals surface area contributed by atoms with Gasteiger partial charge in [-0.2, -0.15) is 0 Å². The van der Waals surface area contributed by atoms with Crippen molar-refractivity contribution in [1.82, 2.24) is 15.2 Å². The number of esters is 1. The number of carbonyl (C=O) groups is 2. The van der Waals surface area contributed by atoms with Crippen LogP contribution in [0.1, 0.15) is 30.2 Å².